The zero-order valence-corrected chi connectivity index (χ0v) is 12.1. The van der Waals surface area contributed by atoms with Gasteiger partial charge in [0, 0.05) is 0 Å². The van der Waals surface area contributed by atoms with Crippen molar-refractivity contribution in [1.29, 1.82) is 0 Å². The number of aliphatic carboxylic acids is 4. The van der Waals surface area contributed by atoms with Crippen molar-refractivity contribution in [3.8, 4) is 0 Å². The lowest BCUT2D eigenvalue weighted by Crippen LogP contribution is -2.42. The molecule has 0 aromatic carbocycles. The third-order valence-electron chi connectivity index (χ3n) is 2.47. The normalized spacial score (nSPS) is 11.8. The molecule has 0 aromatic rings. The lowest BCUT2D eigenvalue weighted by atomic mass is 9.96. The van der Waals surface area contributed by atoms with Crippen molar-refractivity contribution in [1.82, 2.24) is 0 Å². The van der Waals surface area contributed by atoms with Crippen molar-refractivity contribution in [3.05, 3.63) is 0 Å². The molecule has 0 aliphatic heterocycles. The number of hydrogen-bond acceptors (Lipinski definition) is 6. The minimum absolute atomic E-state index is 0.589. The predicted octanol–water partition coefficient (Wildman–Crippen LogP) is -0.660. The maximum absolute atomic E-state index is 10.3. The fourth-order valence-electron chi connectivity index (χ4n) is 1.26. The molecule has 0 aromatic heterocycles. The van der Waals surface area contributed by atoms with Gasteiger partial charge < -0.3 is 31.3 Å². The quantitative estimate of drug-likeness (QED) is 0.317. The van der Waals surface area contributed by atoms with Crippen LogP contribution in [0.4, 0.5) is 0 Å². The molecule has 0 spiro atoms. The molecular formula is C12H21NO9. The second kappa shape index (κ2) is 10.5. The van der Waals surface area contributed by atoms with E-state index in [1.54, 1.807) is 0 Å². The molecule has 1 unspecified atom stereocenters. The summed E-state index contributed by atoms with van der Waals surface area (Å²) < 4.78 is 0. The Bertz CT molecular complexity index is 391. The van der Waals surface area contributed by atoms with Crippen LogP contribution < -0.4 is 5.73 Å². The van der Waals surface area contributed by atoms with E-state index in [2.05, 4.69) is 0 Å². The van der Waals surface area contributed by atoms with Gasteiger partial charge in [0.2, 0.25) is 0 Å². The van der Waals surface area contributed by atoms with Gasteiger partial charge >= 0.3 is 23.9 Å². The highest BCUT2D eigenvalue weighted by molar-refractivity contribution is 5.88. The molecular weight excluding hydrogens is 302 g/mol. The molecule has 0 rings (SSSR count). The molecule has 22 heavy (non-hydrogen) atoms. The summed E-state index contributed by atoms with van der Waals surface area (Å²) in [5.74, 6) is -5.92. The molecule has 0 fully saturated rings. The summed E-state index contributed by atoms with van der Waals surface area (Å²) in [6.45, 7) is 2.01. The second-order valence-corrected chi connectivity index (χ2v) is 4.56. The summed E-state index contributed by atoms with van der Waals surface area (Å²) in [7, 11) is 0. The van der Waals surface area contributed by atoms with Crippen molar-refractivity contribution >= 4 is 23.9 Å². The van der Waals surface area contributed by atoms with Gasteiger partial charge in [-0.3, -0.25) is 14.4 Å². The first-order valence-corrected chi connectivity index (χ1v) is 6.34. The van der Waals surface area contributed by atoms with Crippen molar-refractivity contribution in [2.45, 2.75) is 50.7 Å². The zero-order valence-electron chi connectivity index (χ0n) is 12.1. The van der Waals surface area contributed by atoms with E-state index in [1.807, 2.05) is 6.92 Å². The van der Waals surface area contributed by atoms with Crippen LogP contribution >= 0.6 is 0 Å². The van der Waals surface area contributed by atoms with Crippen LogP contribution in [-0.4, -0.2) is 61.1 Å². The first kappa shape index (κ1) is 22.1. The molecule has 7 N–H and O–H groups in total. The fourth-order valence-corrected chi connectivity index (χ4v) is 1.26. The van der Waals surface area contributed by atoms with Crippen LogP contribution in [0.25, 0.3) is 0 Å². The Hall–Kier alpha value is -2.20. The first-order valence-electron chi connectivity index (χ1n) is 6.34. The highest BCUT2D eigenvalue weighted by Gasteiger charge is 2.40. The monoisotopic (exact) mass is 323 g/mol. The SMILES string of the molecule is CCCCC(N)C(=O)O.O=C(O)CC(O)(CC(=O)O)C(=O)O. The van der Waals surface area contributed by atoms with Crippen LogP contribution in [0.1, 0.15) is 39.0 Å². The third-order valence-corrected chi connectivity index (χ3v) is 2.47. The molecule has 0 amide bonds. The number of carboxylic acids is 4. The van der Waals surface area contributed by atoms with Crippen molar-refractivity contribution < 1.29 is 44.7 Å². The van der Waals surface area contributed by atoms with Crippen LogP contribution in [0.3, 0.4) is 0 Å². The molecule has 0 aliphatic carbocycles. The Balaban J connectivity index is 0. The number of rotatable bonds is 9. The summed E-state index contributed by atoms with van der Waals surface area (Å²) in [6.07, 6.45) is 0.198. The molecule has 128 valence electrons. The van der Waals surface area contributed by atoms with E-state index in [0.29, 0.717) is 6.42 Å². The topological polar surface area (TPSA) is 195 Å². The van der Waals surface area contributed by atoms with E-state index in [-0.39, 0.29) is 0 Å². The van der Waals surface area contributed by atoms with E-state index in [9.17, 15) is 19.2 Å². The zero-order chi connectivity index (χ0) is 17.9. The maximum Gasteiger partial charge on any atom is 0.336 e. The fraction of sp³-hybridized carbons (Fsp3) is 0.667. The van der Waals surface area contributed by atoms with Crippen molar-refractivity contribution in [3.63, 3.8) is 0 Å². The minimum atomic E-state index is -2.74. The molecule has 0 saturated carbocycles. The number of aliphatic hydroxyl groups is 1. The van der Waals surface area contributed by atoms with Crippen molar-refractivity contribution in [2.24, 2.45) is 5.73 Å². The average molecular weight is 323 g/mol. The number of carbonyl (C=O) groups is 4. The standard InChI is InChI=1S/C6H13NO2.C6H8O7/c1-2-3-4-5(7)6(8)9;7-3(8)1-6(13,5(11)12)2-4(9)10/h5H,2-4,7H2,1H3,(H,8,9);13H,1-2H2,(H,7,8)(H,9,10)(H,11,12). The Labute approximate surface area is 126 Å². The van der Waals surface area contributed by atoms with Gasteiger partial charge in [0.1, 0.15) is 6.04 Å². The van der Waals surface area contributed by atoms with E-state index >= 15 is 0 Å². The van der Waals surface area contributed by atoms with Crippen LogP contribution in [0.5, 0.6) is 0 Å². The Morgan fingerprint density at radius 2 is 1.41 bits per heavy atom. The van der Waals surface area contributed by atoms with Gasteiger partial charge in [-0.15, -0.1) is 0 Å². The Morgan fingerprint density at radius 3 is 1.64 bits per heavy atom. The van der Waals surface area contributed by atoms with Gasteiger partial charge in [-0.2, -0.15) is 0 Å². The van der Waals surface area contributed by atoms with Crippen LogP contribution in [0, 0.1) is 0 Å². The molecule has 0 aliphatic rings. The number of unbranched alkanes of at least 4 members (excludes halogenated alkanes) is 1. The van der Waals surface area contributed by atoms with Crippen LogP contribution in [0.15, 0.2) is 0 Å². The first-order chi connectivity index (χ1) is 9.96. The summed E-state index contributed by atoms with van der Waals surface area (Å²) in [4.78, 5) is 40.6. The maximum atomic E-state index is 10.3. The molecule has 0 bridgehead atoms. The Kier molecular flexibility index (Phi) is 10.6. The van der Waals surface area contributed by atoms with Gasteiger partial charge in [-0.1, -0.05) is 19.8 Å². The molecule has 0 saturated heterocycles. The van der Waals surface area contributed by atoms with Gasteiger partial charge in [-0.25, -0.2) is 4.79 Å². The smallest absolute Gasteiger partial charge is 0.336 e. The predicted molar refractivity (Wildman–Crippen MR) is 72.2 cm³/mol. The summed E-state index contributed by atoms with van der Waals surface area (Å²) in [5.41, 5.74) is 2.46. The van der Waals surface area contributed by atoms with Crippen molar-refractivity contribution in [2.75, 3.05) is 0 Å². The van der Waals surface area contributed by atoms with Crippen LogP contribution in [-0.2, 0) is 19.2 Å². The molecule has 0 heterocycles. The largest absolute Gasteiger partial charge is 0.481 e. The average Bonchev–Trinajstić information content (AvgIpc) is 2.34. The highest BCUT2D eigenvalue weighted by Crippen LogP contribution is 2.15. The van der Waals surface area contributed by atoms with E-state index in [4.69, 9.17) is 31.3 Å². The van der Waals surface area contributed by atoms with E-state index in [0.717, 1.165) is 12.8 Å². The molecule has 0 radical (unpaired) electrons. The number of carboxylic acid groups (broad SMARTS) is 4. The molecule has 1 atom stereocenters. The second-order valence-electron chi connectivity index (χ2n) is 4.56. The van der Waals surface area contributed by atoms with Gasteiger partial charge in [-0.05, 0) is 6.42 Å². The van der Waals surface area contributed by atoms with Gasteiger partial charge in [0.15, 0.2) is 5.60 Å². The lowest BCUT2D eigenvalue weighted by molar-refractivity contribution is -0.170. The van der Waals surface area contributed by atoms with E-state index in [1.165, 1.54) is 0 Å². The van der Waals surface area contributed by atoms with Crippen LogP contribution in [0.2, 0.25) is 0 Å². The Morgan fingerprint density at radius 1 is 1.00 bits per heavy atom. The summed E-state index contributed by atoms with van der Waals surface area (Å²) >= 11 is 0. The van der Waals surface area contributed by atoms with E-state index < -0.39 is 48.4 Å². The minimum Gasteiger partial charge on any atom is -0.481 e. The molecule has 10 nitrogen and oxygen atoms in total. The van der Waals surface area contributed by atoms with Gasteiger partial charge in [0.05, 0.1) is 12.8 Å². The molecule has 10 heteroatoms. The number of hydrogen-bond donors (Lipinski definition) is 6. The summed E-state index contributed by atoms with van der Waals surface area (Å²) in [5, 5.41) is 42.1. The summed E-state index contributed by atoms with van der Waals surface area (Å²) in [6, 6.07) is -0.662. The highest BCUT2D eigenvalue weighted by atomic mass is 16.4. The third kappa shape index (κ3) is 10.6. The lowest BCUT2D eigenvalue weighted by Gasteiger charge is -2.18. The number of nitrogens with two attached hydrogens (primary N) is 1. The van der Waals surface area contributed by atoms with Gasteiger partial charge in [0.25, 0.3) is 0 Å².